The van der Waals surface area contributed by atoms with E-state index in [4.69, 9.17) is 18.9 Å². The maximum atomic E-state index is 12.6. The molecule has 0 saturated carbocycles. The number of Topliss-reactive ketones (excluding diaryl/α,β-unsaturated/α-hetero) is 1. The van der Waals surface area contributed by atoms with Gasteiger partial charge in [-0.25, -0.2) is 0 Å². The standard InChI is InChI=1S/C22H24N2O6/c1-4-28-17-6-5-14(9-18(17)27-3)12-23(2)13-24-16-11-20-19(29-7-8-30-20)10-15(16)21(25)22(24)26/h5-6,9-11H,4,7-8,12-13H2,1-3H3/p+1. The highest BCUT2D eigenvalue weighted by Crippen LogP contribution is 2.40. The number of benzene rings is 2. The Hall–Kier alpha value is -3.26. The summed E-state index contributed by atoms with van der Waals surface area (Å²) in [5.41, 5.74) is 1.96. The molecule has 1 amide bonds. The Labute approximate surface area is 174 Å². The van der Waals surface area contributed by atoms with Gasteiger partial charge in [0.15, 0.2) is 29.7 Å². The van der Waals surface area contributed by atoms with Gasteiger partial charge in [-0.2, -0.15) is 0 Å². The second kappa shape index (κ2) is 8.23. The molecular weight excluding hydrogens is 388 g/mol. The number of hydrogen-bond acceptors (Lipinski definition) is 6. The number of ether oxygens (including phenoxy) is 4. The first kappa shape index (κ1) is 20.0. The number of quaternary nitrogens is 1. The molecule has 2 aromatic rings. The fourth-order valence-corrected chi connectivity index (χ4v) is 3.76. The lowest BCUT2D eigenvalue weighted by molar-refractivity contribution is -0.892. The first-order valence-corrected chi connectivity index (χ1v) is 9.92. The van der Waals surface area contributed by atoms with E-state index in [-0.39, 0.29) is 0 Å². The Balaban J connectivity index is 1.52. The highest BCUT2D eigenvalue weighted by atomic mass is 16.6. The van der Waals surface area contributed by atoms with Gasteiger partial charge in [-0.3, -0.25) is 14.5 Å². The number of nitrogens with zero attached hydrogens (tertiary/aromatic N) is 1. The van der Waals surface area contributed by atoms with Gasteiger partial charge in [0, 0.05) is 11.6 Å². The zero-order valence-corrected chi connectivity index (χ0v) is 17.3. The number of hydrogen-bond donors (Lipinski definition) is 1. The summed E-state index contributed by atoms with van der Waals surface area (Å²) < 4.78 is 22.1. The molecular formula is C22H25N2O6+. The van der Waals surface area contributed by atoms with Gasteiger partial charge in [-0.1, -0.05) is 0 Å². The minimum Gasteiger partial charge on any atom is -0.493 e. The molecule has 0 bridgehead atoms. The second-order valence-electron chi connectivity index (χ2n) is 7.29. The highest BCUT2D eigenvalue weighted by molar-refractivity contribution is 6.52. The van der Waals surface area contributed by atoms with Crippen LogP contribution in [0.4, 0.5) is 5.69 Å². The fraction of sp³-hybridized carbons (Fsp3) is 0.364. The highest BCUT2D eigenvalue weighted by Gasteiger charge is 2.39. The molecule has 4 rings (SSSR count). The van der Waals surface area contributed by atoms with Crippen molar-refractivity contribution in [2.45, 2.75) is 13.5 Å². The van der Waals surface area contributed by atoms with Gasteiger partial charge in [0.1, 0.15) is 19.8 Å². The monoisotopic (exact) mass is 413 g/mol. The van der Waals surface area contributed by atoms with Crippen LogP contribution in [0.5, 0.6) is 23.0 Å². The zero-order valence-electron chi connectivity index (χ0n) is 17.3. The number of ketones is 1. The van der Waals surface area contributed by atoms with Crippen LogP contribution in [0.2, 0.25) is 0 Å². The van der Waals surface area contributed by atoms with E-state index in [2.05, 4.69) is 0 Å². The van der Waals surface area contributed by atoms with Crippen molar-refractivity contribution in [3.05, 3.63) is 41.5 Å². The first-order valence-electron chi connectivity index (χ1n) is 9.92. The number of nitrogens with one attached hydrogen (secondary N) is 1. The summed E-state index contributed by atoms with van der Waals surface area (Å²) >= 11 is 0. The van der Waals surface area contributed by atoms with Crippen LogP contribution < -0.4 is 28.7 Å². The number of carbonyl (C=O) groups excluding carboxylic acids is 2. The third-order valence-electron chi connectivity index (χ3n) is 5.10. The van der Waals surface area contributed by atoms with Gasteiger partial charge < -0.3 is 23.8 Å². The number of rotatable bonds is 7. The quantitative estimate of drug-likeness (QED) is 0.684. The number of amides is 1. The van der Waals surface area contributed by atoms with Crippen molar-refractivity contribution in [2.24, 2.45) is 0 Å². The third-order valence-corrected chi connectivity index (χ3v) is 5.10. The van der Waals surface area contributed by atoms with Crippen LogP contribution in [-0.2, 0) is 11.3 Å². The molecule has 1 atom stereocenters. The smallest absolute Gasteiger partial charge is 0.303 e. The van der Waals surface area contributed by atoms with Gasteiger partial charge >= 0.3 is 5.91 Å². The van der Waals surface area contributed by atoms with Crippen LogP contribution in [0.25, 0.3) is 0 Å². The molecule has 8 heteroatoms. The van der Waals surface area contributed by atoms with Crippen molar-refractivity contribution < 1.29 is 33.4 Å². The Morgan fingerprint density at radius 3 is 2.50 bits per heavy atom. The maximum absolute atomic E-state index is 12.6. The summed E-state index contributed by atoms with van der Waals surface area (Å²) in [6.45, 7) is 4.33. The SMILES string of the molecule is CCOc1ccc(C[NH+](C)CN2C(=O)C(=O)c3cc4c(cc32)OCCO4)cc1OC. The Bertz CT molecular complexity index is 990. The summed E-state index contributed by atoms with van der Waals surface area (Å²) in [7, 11) is 3.58. The van der Waals surface area contributed by atoms with Crippen molar-refractivity contribution in [3.8, 4) is 23.0 Å². The number of methoxy groups -OCH3 is 1. The van der Waals surface area contributed by atoms with Gasteiger partial charge in [-0.05, 0) is 31.2 Å². The Morgan fingerprint density at radius 1 is 1.07 bits per heavy atom. The summed E-state index contributed by atoms with van der Waals surface area (Å²) in [6, 6.07) is 9.12. The van der Waals surface area contributed by atoms with E-state index in [1.165, 1.54) is 4.90 Å². The van der Waals surface area contributed by atoms with Crippen LogP contribution in [0.15, 0.2) is 30.3 Å². The first-order chi connectivity index (χ1) is 14.5. The zero-order chi connectivity index (χ0) is 21.3. The molecule has 2 aliphatic heterocycles. The van der Waals surface area contributed by atoms with E-state index >= 15 is 0 Å². The minimum atomic E-state index is -0.532. The predicted octanol–water partition coefficient (Wildman–Crippen LogP) is 1.07. The molecule has 2 aromatic carbocycles. The van der Waals surface area contributed by atoms with E-state index in [1.54, 1.807) is 19.2 Å². The topological polar surface area (TPSA) is 78.7 Å². The number of anilines is 1. The van der Waals surface area contributed by atoms with Crippen LogP contribution in [0.1, 0.15) is 22.8 Å². The minimum absolute atomic E-state index is 0.340. The van der Waals surface area contributed by atoms with Crippen molar-refractivity contribution in [1.29, 1.82) is 0 Å². The number of fused-ring (bicyclic) bond motifs is 2. The summed E-state index contributed by atoms with van der Waals surface area (Å²) in [5.74, 6) is 1.38. The molecule has 158 valence electrons. The third kappa shape index (κ3) is 3.66. The Morgan fingerprint density at radius 2 is 1.80 bits per heavy atom. The fourth-order valence-electron chi connectivity index (χ4n) is 3.76. The van der Waals surface area contributed by atoms with E-state index in [0.29, 0.717) is 67.3 Å². The van der Waals surface area contributed by atoms with E-state index in [1.807, 2.05) is 32.2 Å². The maximum Gasteiger partial charge on any atom is 0.303 e. The molecule has 0 aromatic heterocycles. The molecule has 0 saturated heterocycles. The lowest BCUT2D eigenvalue weighted by Crippen LogP contribution is -3.09. The normalized spacial score (nSPS) is 15.8. The van der Waals surface area contributed by atoms with Gasteiger partial charge in [0.25, 0.3) is 5.78 Å². The predicted molar refractivity (Wildman–Crippen MR) is 109 cm³/mol. The van der Waals surface area contributed by atoms with Crippen molar-refractivity contribution >= 4 is 17.4 Å². The van der Waals surface area contributed by atoms with Crippen LogP contribution in [0, 0.1) is 0 Å². The summed E-state index contributed by atoms with van der Waals surface area (Å²) in [6.07, 6.45) is 0. The summed E-state index contributed by atoms with van der Waals surface area (Å²) in [5, 5.41) is 0. The average Bonchev–Trinajstić information content (AvgIpc) is 2.97. The average molecular weight is 413 g/mol. The molecule has 2 heterocycles. The lowest BCUT2D eigenvalue weighted by Gasteiger charge is -2.24. The molecule has 0 radical (unpaired) electrons. The van der Waals surface area contributed by atoms with Gasteiger partial charge in [-0.15, -0.1) is 0 Å². The molecule has 0 spiro atoms. The van der Waals surface area contributed by atoms with E-state index in [0.717, 1.165) is 10.5 Å². The molecule has 8 nitrogen and oxygen atoms in total. The molecule has 1 N–H and O–H groups in total. The van der Waals surface area contributed by atoms with Gasteiger partial charge in [0.2, 0.25) is 0 Å². The van der Waals surface area contributed by atoms with Crippen molar-refractivity contribution in [3.63, 3.8) is 0 Å². The largest absolute Gasteiger partial charge is 0.493 e. The molecule has 1 unspecified atom stereocenters. The molecule has 0 aliphatic carbocycles. The molecule has 0 fully saturated rings. The Kier molecular flexibility index (Phi) is 5.50. The van der Waals surface area contributed by atoms with Crippen LogP contribution >= 0.6 is 0 Å². The molecule has 2 aliphatic rings. The van der Waals surface area contributed by atoms with Gasteiger partial charge in [0.05, 0.1) is 32.0 Å². The lowest BCUT2D eigenvalue weighted by atomic mass is 10.1. The van der Waals surface area contributed by atoms with E-state index in [9.17, 15) is 9.59 Å². The van der Waals surface area contributed by atoms with Crippen molar-refractivity contribution in [1.82, 2.24) is 0 Å². The van der Waals surface area contributed by atoms with Crippen LogP contribution in [0.3, 0.4) is 0 Å². The number of carbonyl (C=O) groups is 2. The molecule has 30 heavy (non-hydrogen) atoms. The van der Waals surface area contributed by atoms with Crippen LogP contribution in [-0.4, -0.2) is 52.3 Å². The van der Waals surface area contributed by atoms with E-state index < -0.39 is 11.7 Å². The summed E-state index contributed by atoms with van der Waals surface area (Å²) in [4.78, 5) is 27.7. The van der Waals surface area contributed by atoms with Crippen molar-refractivity contribution in [2.75, 3.05) is 45.5 Å². The second-order valence-corrected chi connectivity index (χ2v) is 7.29.